The van der Waals surface area contributed by atoms with Gasteiger partial charge in [-0.3, -0.25) is 4.79 Å². The SMILES string of the molecule is NC(=O)C(O)C(O)c1ccc(Cl)cc1N. The number of halogens is 1. The van der Waals surface area contributed by atoms with Crippen molar-refractivity contribution in [1.29, 1.82) is 0 Å². The number of primary amides is 1. The number of amides is 1. The minimum atomic E-state index is -1.69. The van der Waals surface area contributed by atoms with E-state index in [1.54, 1.807) is 0 Å². The zero-order valence-electron chi connectivity index (χ0n) is 7.72. The Morgan fingerprint density at radius 1 is 1.40 bits per heavy atom. The van der Waals surface area contributed by atoms with Crippen LogP contribution in [0.2, 0.25) is 5.02 Å². The van der Waals surface area contributed by atoms with Crippen molar-refractivity contribution in [1.82, 2.24) is 0 Å². The molecule has 1 aromatic rings. The topological polar surface area (TPSA) is 110 Å². The number of hydrogen-bond acceptors (Lipinski definition) is 4. The molecule has 0 aliphatic rings. The van der Waals surface area contributed by atoms with Crippen molar-refractivity contribution < 1.29 is 15.0 Å². The number of hydrogen-bond donors (Lipinski definition) is 4. The number of aliphatic hydroxyl groups excluding tert-OH is 2. The van der Waals surface area contributed by atoms with Crippen LogP contribution in [0, 0.1) is 0 Å². The van der Waals surface area contributed by atoms with Gasteiger partial charge in [-0.2, -0.15) is 0 Å². The molecule has 6 heteroatoms. The lowest BCUT2D eigenvalue weighted by Crippen LogP contribution is -2.34. The molecule has 1 rings (SSSR count). The van der Waals surface area contributed by atoms with E-state index in [1.165, 1.54) is 18.2 Å². The van der Waals surface area contributed by atoms with Gasteiger partial charge in [0.25, 0.3) is 0 Å². The molecule has 0 fully saturated rings. The van der Waals surface area contributed by atoms with Crippen LogP contribution in [0.25, 0.3) is 0 Å². The maximum absolute atomic E-state index is 10.6. The fourth-order valence-corrected chi connectivity index (χ4v) is 1.32. The first-order chi connectivity index (χ1) is 6.93. The number of nitrogens with two attached hydrogens (primary N) is 2. The fraction of sp³-hybridized carbons (Fsp3) is 0.222. The first-order valence-electron chi connectivity index (χ1n) is 4.14. The zero-order chi connectivity index (χ0) is 11.6. The van der Waals surface area contributed by atoms with Crippen LogP contribution < -0.4 is 11.5 Å². The molecule has 0 aliphatic heterocycles. The highest BCUT2D eigenvalue weighted by Gasteiger charge is 2.24. The predicted octanol–water partition coefficient (Wildman–Crippen LogP) is -0.198. The predicted molar refractivity (Wildman–Crippen MR) is 56.0 cm³/mol. The number of carbonyl (C=O) groups excluding carboxylic acids is 1. The first kappa shape index (κ1) is 11.8. The molecule has 2 atom stereocenters. The van der Waals surface area contributed by atoms with E-state index in [9.17, 15) is 15.0 Å². The molecule has 0 saturated carbocycles. The van der Waals surface area contributed by atoms with Crippen LogP contribution in [-0.4, -0.2) is 22.2 Å². The smallest absolute Gasteiger partial charge is 0.249 e. The van der Waals surface area contributed by atoms with Gasteiger partial charge in [0.2, 0.25) is 5.91 Å². The molecule has 0 saturated heterocycles. The monoisotopic (exact) mass is 230 g/mol. The van der Waals surface area contributed by atoms with Gasteiger partial charge in [-0.1, -0.05) is 17.7 Å². The molecule has 82 valence electrons. The summed E-state index contributed by atoms with van der Waals surface area (Å²) in [5.41, 5.74) is 10.8. The summed E-state index contributed by atoms with van der Waals surface area (Å²) in [6.07, 6.45) is -3.13. The Hall–Kier alpha value is -1.30. The molecular formula is C9H11ClN2O3. The summed E-state index contributed by atoms with van der Waals surface area (Å²) in [4.78, 5) is 10.6. The Morgan fingerprint density at radius 2 is 2.00 bits per heavy atom. The zero-order valence-corrected chi connectivity index (χ0v) is 8.48. The summed E-state index contributed by atoms with van der Waals surface area (Å²) in [7, 11) is 0. The molecule has 0 aliphatic carbocycles. The molecule has 0 bridgehead atoms. The van der Waals surface area contributed by atoms with Crippen LogP contribution >= 0.6 is 11.6 Å². The van der Waals surface area contributed by atoms with Crippen LogP contribution in [0.1, 0.15) is 11.7 Å². The normalized spacial score (nSPS) is 14.6. The highest BCUT2D eigenvalue weighted by atomic mass is 35.5. The second-order valence-electron chi connectivity index (χ2n) is 3.07. The number of carbonyl (C=O) groups is 1. The van der Waals surface area contributed by atoms with E-state index in [0.717, 1.165) is 0 Å². The lowest BCUT2D eigenvalue weighted by atomic mass is 10.0. The Labute approximate surface area is 91.3 Å². The second kappa shape index (κ2) is 4.48. The van der Waals surface area contributed by atoms with Gasteiger partial charge in [0.1, 0.15) is 6.10 Å². The van der Waals surface area contributed by atoms with E-state index in [2.05, 4.69) is 0 Å². The van der Waals surface area contributed by atoms with E-state index in [0.29, 0.717) is 5.02 Å². The molecular weight excluding hydrogens is 220 g/mol. The van der Waals surface area contributed by atoms with Gasteiger partial charge in [0, 0.05) is 16.3 Å². The average molecular weight is 231 g/mol. The van der Waals surface area contributed by atoms with Gasteiger partial charge >= 0.3 is 0 Å². The van der Waals surface area contributed by atoms with Crippen molar-refractivity contribution in [3.63, 3.8) is 0 Å². The molecule has 0 spiro atoms. The molecule has 15 heavy (non-hydrogen) atoms. The maximum atomic E-state index is 10.6. The van der Waals surface area contributed by atoms with Crippen molar-refractivity contribution in [3.8, 4) is 0 Å². The molecule has 6 N–H and O–H groups in total. The van der Waals surface area contributed by atoms with E-state index < -0.39 is 18.1 Å². The van der Waals surface area contributed by atoms with E-state index >= 15 is 0 Å². The molecule has 0 aromatic heterocycles. The van der Waals surface area contributed by atoms with Crippen LogP contribution in [0.5, 0.6) is 0 Å². The molecule has 0 heterocycles. The van der Waals surface area contributed by atoms with Crippen molar-refractivity contribution in [2.45, 2.75) is 12.2 Å². The summed E-state index contributed by atoms with van der Waals surface area (Å²) >= 11 is 5.65. The lowest BCUT2D eigenvalue weighted by molar-refractivity contribution is -0.131. The van der Waals surface area contributed by atoms with E-state index in [-0.39, 0.29) is 11.3 Å². The standard InChI is InChI=1S/C9H11ClN2O3/c10-4-1-2-5(6(11)3-4)7(13)8(14)9(12)15/h1-3,7-8,13-14H,11H2,(H2,12,15). The van der Waals surface area contributed by atoms with Crippen LogP contribution in [0.15, 0.2) is 18.2 Å². The summed E-state index contributed by atoms with van der Waals surface area (Å²) in [6, 6.07) is 4.33. The third-order valence-electron chi connectivity index (χ3n) is 1.96. The van der Waals surface area contributed by atoms with Crippen molar-refractivity contribution in [2.24, 2.45) is 5.73 Å². The lowest BCUT2D eigenvalue weighted by Gasteiger charge is -2.16. The highest BCUT2D eigenvalue weighted by Crippen LogP contribution is 2.25. The Kier molecular flexibility index (Phi) is 3.52. The van der Waals surface area contributed by atoms with Gasteiger partial charge in [-0.05, 0) is 12.1 Å². The third-order valence-corrected chi connectivity index (χ3v) is 2.19. The average Bonchev–Trinajstić information content (AvgIpc) is 2.15. The van der Waals surface area contributed by atoms with Gasteiger partial charge < -0.3 is 21.7 Å². The minimum absolute atomic E-state index is 0.190. The van der Waals surface area contributed by atoms with Gasteiger partial charge in [0.05, 0.1) is 0 Å². The molecule has 1 aromatic carbocycles. The molecule has 2 unspecified atom stereocenters. The maximum Gasteiger partial charge on any atom is 0.249 e. The van der Waals surface area contributed by atoms with Gasteiger partial charge in [0.15, 0.2) is 6.10 Å². The summed E-state index contributed by atoms with van der Waals surface area (Å²) in [5.74, 6) is -1.02. The van der Waals surface area contributed by atoms with E-state index in [4.69, 9.17) is 23.1 Å². The number of aliphatic hydroxyl groups is 2. The number of benzene rings is 1. The molecule has 0 radical (unpaired) electrons. The third kappa shape index (κ3) is 2.59. The van der Waals surface area contributed by atoms with Crippen molar-refractivity contribution >= 4 is 23.2 Å². The fourth-order valence-electron chi connectivity index (χ4n) is 1.14. The Balaban J connectivity index is 3.01. The number of nitrogen functional groups attached to an aromatic ring is 1. The van der Waals surface area contributed by atoms with Crippen LogP contribution in [0.3, 0.4) is 0 Å². The van der Waals surface area contributed by atoms with Gasteiger partial charge in [-0.25, -0.2) is 0 Å². The summed E-state index contributed by atoms with van der Waals surface area (Å²) in [5, 5.41) is 19.2. The number of anilines is 1. The Bertz CT molecular complexity index is 384. The van der Waals surface area contributed by atoms with Crippen molar-refractivity contribution in [2.75, 3.05) is 5.73 Å². The molecule has 5 nitrogen and oxygen atoms in total. The summed E-state index contributed by atoms with van der Waals surface area (Å²) < 4.78 is 0. The van der Waals surface area contributed by atoms with Gasteiger partial charge in [-0.15, -0.1) is 0 Å². The molecule has 1 amide bonds. The van der Waals surface area contributed by atoms with E-state index in [1.807, 2.05) is 0 Å². The van der Waals surface area contributed by atoms with Crippen molar-refractivity contribution in [3.05, 3.63) is 28.8 Å². The first-order valence-corrected chi connectivity index (χ1v) is 4.51. The number of rotatable bonds is 3. The highest BCUT2D eigenvalue weighted by molar-refractivity contribution is 6.30. The minimum Gasteiger partial charge on any atom is -0.398 e. The quantitative estimate of drug-likeness (QED) is 0.539. The summed E-state index contributed by atoms with van der Waals surface area (Å²) in [6.45, 7) is 0. The second-order valence-corrected chi connectivity index (χ2v) is 3.50. The Morgan fingerprint density at radius 3 is 2.47 bits per heavy atom. The van der Waals surface area contributed by atoms with Crippen LogP contribution in [-0.2, 0) is 4.79 Å². The van der Waals surface area contributed by atoms with Crippen LogP contribution in [0.4, 0.5) is 5.69 Å². The largest absolute Gasteiger partial charge is 0.398 e.